The zero-order chi connectivity index (χ0) is 22.5. The van der Waals surface area contributed by atoms with Crippen molar-refractivity contribution < 1.29 is 9.53 Å². The van der Waals surface area contributed by atoms with Crippen molar-refractivity contribution in [2.24, 2.45) is 0 Å². The summed E-state index contributed by atoms with van der Waals surface area (Å²) < 4.78 is 8.85. The molecule has 2 saturated heterocycles. The Hall–Kier alpha value is -3.09. The molecule has 2 aromatic carbocycles. The molecule has 6 nitrogen and oxygen atoms in total. The van der Waals surface area contributed by atoms with E-state index in [-0.39, 0.29) is 5.91 Å². The number of likely N-dealkylation sites (tertiary alicyclic amines) is 1. The number of benzene rings is 2. The summed E-state index contributed by atoms with van der Waals surface area (Å²) >= 11 is 0. The molecule has 33 heavy (non-hydrogen) atoms. The number of carbonyl (C=O) groups excluding carboxylic acids is 1. The van der Waals surface area contributed by atoms with Gasteiger partial charge in [0, 0.05) is 37.1 Å². The molecule has 1 unspecified atom stereocenters. The van der Waals surface area contributed by atoms with Crippen LogP contribution in [0.1, 0.15) is 31.0 Å². The Morgan fingerprint density at radius 3 is 2.55 bits per heavy atom. The second-order valence-electron chi connectivity index (χ2n) is 9.65. The number of carbonyl (C=O) groups is 1. The summed E-state index contributed by atoms with van der Waals surface area (Å²) in [5, 5.41) is 3.10. The normalized spacial score (nSPS) is 24.3. The number of hydrogen-bond donors (Lipinski definition) is 1. The van der Waals surface area contributed by atoms with E-state index in [9.17, 15) is 4.79 Å². The molecule has 170 valence electrons. The number of rotatable bonds is 3. The Kier molecular flexibility index (Phi) is 4.82. The van der Waals surface area contributed by atoms with Crippen molar-refractivity contribution in [2.75, 3.05) is 31.2 Å². The number of anilines is 1. The van der Waals surface area contributed by atoms with E-state index in [1.165, 1.54) is 16.9 Å². The molecule has 0 radical (unpaired) electrons. The Morgan fingerprint density at radius 1 is 0.970 bits per heavy atom. The molecule has 2 fully saturated rings. The first kappa shape index (κ1) is 20.5. The summed E-state index contributed by atoms with van der Waals surface area (Å²) in [5.41, 5.74) is 3.80. The first-order valence-corrected chi connectivity index (χ1v) is 11.8. The summed E-state index contributed by atoms with van der Waals surface area (Å²) in [6.45, 7) is 5.90. The number of hydrogen-bond acceptors (Lipinski definition) is 4. The second kappa shape index (κ2) is 7.75. The van der Waals surface area contributed by atoms with Crippen molar-refractivity contribution in [3.63, 3.8) is 0 Å². The van der Waals surface area contributed by atoms with Gasteiger partial charge in [0.25, 0.3) is 0 Å². The molecule has 6 rings (SSSR count). The predicted molar refractivity (Wildman–Crippen MR) is 128 cm³/mol. The van der Waals surface area contributed by atoms with Crippen LogP contribution in [0.2, 0.25) is 0 Å². The fourth-order valence-electron chi connectivity index (χ4n) is 5.87. The third-order valence-electron chi connectivity index (χ3n) is 7.70. The van der Waals surface area contributed by atoms with Crippen LogP contribution in [0.4, 0.5) is 5.69 Å². The van der Waals surface area contributed by atoms with E-state index in [0.717, 1.165) is 38.2 Å². The van der Waals surface area contributed by atoms with Crippen LogP contribution in [0.15, 0.2) is 72.9 Å². The van der Waals surface area contributed by atoms with Gasteiger partial charge in [-0.3, -0.25) is 9.69 Å². The average Bonchev–Trinajstić information content (AvgIpc) is 3.44. The molecule has 1 aromatic heterocycles. The zero-order valence-electron chi connectivity index (χ0n) is 19.0. The number of piperidine rings is 1. The summed E-state index contributed by atoms with van der Waals surface area (Å²) in [7, 11) is 0. The van der Waals surface area contributed by atoms with Crippen LogP contribution in [0.25, 0.3) is 5.69 Å². The molecule has 3 aromatic rings. The van der Waals surface area contributed by atoms with Crippen LogP contribution in [-0.2, 0) is 21.7 Å². The summed E-state index contributed by atoms with van der Waals surface area (Å²) in [6.07, 6.45) is 3.75. The topological polar surface area (TPSA) is 49.7 Å². The maximum Gasteiger partial charge on any atom is 0.247 e. The van der Waals surface area contributed by atoms with Gasteiger partial charge in [0.05, 0.1) is 24.7 Å². The van der Waals surface area contributed by atoms with E-state index < -0.39 is 11.1 Å². The van der Waals surface area contributed by atoms with Gasteiger partial charge in [-0.15, -0.1) is 0 Å². The molecule has 6 heteroatoms. The standard InChI is InChI=1S/C27H30N4O2/c1-26(24-12-7-15-30(24)23-11-6-5-8-21(23)18-33-26)19-29-16-13-27(14-17-29)25(32)28-20-31(27)22-9-3-2-4-10-22/h2-12,15H,13-14,16-20H2,1H3,(H,28,32). The van der Waals surface area contributed by atoms with Gasteiger partial charge in [0.1, 0.15) is 11.1 Å². The average molecular weight is 443 g/mol. The van der Waals surface area contributed by atoms with Gasteiger partial charge in [-0.1, -0.05) is 36.4 Å². The molecule has 1 spiro atoms. The lowest BCUT2D eigenvalue weighted by molar-refractivity contribution is -0.125. The van der Waals surface area contributed by atoms with Gasteiger partial charge in [-0.2, -0.15) is 0 Å². The predicted octanol–water partition coefficient (Wildman–Crippen LogP) is 3.65. The van der Waals surface area contributed by atoms with Crippen LogP contribution in [0, 0.1) is 0 Å². The Morgan fingerprint density at radius 2 is 1.73 bits per heavy atom. The van der Waals surface area contributed by atoms with E-state index in [1.807, 2.05) is 18.2 Å². The van der Waals surface area contributed by atoms with Gasteiger partial charge < -0.3 is 19.5 Å². The van der Waals surface area contributed by atoms with Crippen molar-refractivity contribution in [1.29, 1.82) is 0 Å². The molecule has 3 aliphatic rings. The molecule has 4 heterocycles. The summed E-state index contributed by atoms with van der Waals surface area (Å²) in [4.78, 5) is 17.7. The van der Waals surface area contributed by atoms with Crippen LogP contribution in [0.5, 0.6) is 0 Å². The number of para-hydroxylation sites is 2. The first-order chi connectivity index (χ1) is 16.1. The Balaban J connectivity index is 1.22. The Bertz CT molecular complexity index is 1170. The molecule has 0 aliphatic carbocycles. The zero-order valence-corrected chi connectivity index (χ0v) is 19.0. The number of ether oxygens (including phenoxy) is 1. The molecule has 0 saturated carbocycles. The second-order valence-corrected chi connectivity index (χ2v) is 9.65. The first-order valence-electron chi connectivity index (χ1n) is 11.8. The lowest BCUT2D eigenvalue weighted by Gasteiger charge is -2.45. The van der Waals surface area contributed by atoms with E-state index in [4.69, 9.17) is 4.74 Å². The molecule has 1 N–H and O–H groups in total. The highest BCUT2D eigenvalue weighted by molar-refractivity contribution is 5.93. The number of aromatic nitrogens is 1. The number of fused-ring (bicyclic) bond motifs is 3. The van der Waals surface area contributed by atoms with E-state index in [0.29, 0.717) is 13.3 Å². The van der Waals surface area contributed by atoms with Crippen LogP contribution >= 0.6 is 0 Å². The summed E-state index contributed by atoms with van der Waals surface area (Å²) in [5.74, 6) is 0.159. The van der Waals surface area contributed by atoms with Gasteiger partial charge in [0.2, 0.25) is 5.91 Å². The largest absolute Gasteiger partial charge is 0.363 e. The van der Waals surface area contributed by atoms with Crippen LogP contribution in [-0.4, -0.2) is 47.2 Å². The molecular formula is C27H30N4O2. The minimum atomic E-state index is -0.459. The number of amides is 1. The maximum absolute atomic E-state index is 13.0. The van der Waals surface area contributed by atoms with Crippen molar-refractivity contribution in [3.8, 4) is 5.69 Å². The quantitative estimate of drug-likeness (QED) is 0.673. The van der Waals surface area contributed by atoms with Gasteiger partial charge in [-0.05, 0) is 50.1 Å². The maximum atomic E-state index is 13.0. The third-order valence-corrected chi connectivity index (χ3v) is 7.70. The van der Waals surface area contributed by atoms with E-state index >= 15 is 0 Å². The number of nitrogens with zero attached hydrogens (tertiary/aromatic N) is 3. The molecule has 1 amide bonds. The molecular weight excluding hydrogens is 412 g/mol. The third kappa shape index (κ3) is 3.28. The monoisotopic (exact) mass is 442 g/mol. The van der Waals surface area contributed by atoms with Gasteiger partial charge in [0.15, 0.2) is 0 Å². The Labute approximate surface area is 194 Å². The minimum absolute atomic E-state index is 0.159. The fourth-order valence-corrected chi connectivity index (χ4v) is 5.87. The molecule has 0 bridgehead atoms. The highest BCUT2D eigenvalue weighted by Gasteiger charge is 2.51. The SMILES string of the molecule is CC1(CN2CCC3(CC2)C(=O)NCN3c2ccccc2)OCc2ccccc2-n2cccc21. The minimum Gasteiger partial charge on any atom is -0.363 e. The van der Waals surface area contributed by atoms with Crippen molar-refractivity contribution in [3.05, 3.63) is 84.2 Å². The van der Waals surface area contributed by atoms with Gasteiger partial charge >= 0.3 is 0 Å². The van der Waals surface area contributed by atoms with Crippen LogP contribution < -0.4 is 10.2 Å². The van der Waals surface area contributed by atoms with E-state index in [1.54, 1.807) is 0 Å². The van der Waals surface area contributed by atoms with Crippen molar-refractivity contribution in [2.45, 2.75) is 37.5 Å². The molecule has 3 aliphatic heterocycles. The van der Waals surface area contributed by atoms with E-state index in [2.05, 4.69) is 81.3 Å². The highest BCUT2D eigenvalue weighted by Crippen LogP contribution is 2.39. The van der Waals surface area contributed by atoms with Gasteiger partial charge in [-0.25, -0.2) is 0 Å². The van der Waals surface area contributed by atoms with Crippen molar-refractivity contribution >= 4 is 11.6 Å². The highest BCUT2D eigenvalue weighted by atomic mass is 16.5. The molecule has 1 atom stereocenters. The lowest BCUT2D eigenvalue weighted by atomic mass is 9.85. The smallest absolute Gasteiger partial charge is 0.247 e. The lowest BCUT2D eigenvalue weighted by Crippen LogP contribution is -2.57. The van der Waals surface area contributed by atoms with Crippen molar-refractivity contribution in [1.82, 2.24) is 14.8 Å². The van der Waals surface area contributed by atoms with Crippen LogP contribution in [0.3, 0.4) is 0 Å². The number of nitrogens with one attached hydrogen (secondary N) is 1. The fraction of sp³-hybridized carbons (Fsp3) is 0.370. The summed E-state index contributed by atoms with van der Waals surface area (Å²) in [6, 6.07) is 23.0.